The number of nitrogens with zero attached hydrogens (tertiary/aromatic N) is 1. The Morgan fingerprint density at radius 3 is 2.70 bits per heavy atom. The van der Waals surface area contributed by atoms with E-state index in [0.717, 1.165) is 28.3 Å². The monoisotopic (exact) mass is 400 g/mol. The van der Waals surface area contributed by atoms with E-state index < -0.39 is 0 Å². The number of aromatic nitrogens is 2. The van der Waals surface area contributed by atoms with Crippen LogP contribution in [-0.4, -0.2) is 16.8 Å². The number of H-pyrrole nitrogens is 1. The Morgan fingerprint density at radius 1 is 1.00 bits per heavy atom. The Morgan fingerprint density at radius 2 is 1.83 bits per heavy atom. The molecule has 0 aliphatic carbocycles. The topological polar surface area (TPSA) is 102 Å². The molecule has 0 atom stereocenters. The Balaban J connectivity index is 1.41. The number of anilines is 2. The molecule has 0 saturated heterocycles. The molecule has 30 heavy (non-hydrogen) atoms. The van der Waals surface area contributed by atoms with Crippen molar-refractivity contribution in [3.63, 3.8) is 0 Å². The Labute approximate surface area is 172 Å². The van der Waals surface area contributed by atoms with Crippen molar-refractivity contribution in [3.05, 3.63) is 87.8 Å². The van der Waals surface area contributed by atoms with E-state index in [2.05, 4.69) is 15.3 Å². The lowest BCUT2D eigenvalue weighted by Gasteiger charge is -2.12. The summed E-state index contributed by atoms with van der Waals surface area (Å²) in [5.74, 6) is 1.49. The maximum Gasteiger partial charge on any atom is 0.270 e. The first-order valence-electron chi connectivity index (χ1n) is 9.64. The molecule has 0 unspecified atom stereocenters. The molecule has 0 fully saturated rings. The molecule has 0 amide bonds. The predicted octanol–water partition coefficient (Wildman–Crippen LogP) is 3.44. The molecular weight excluding hydrogens is 380 g/mol. The number of benzene rings is 3. The molecule has 0 spiro atoms. The maximum atomic E-state index is 12.4. The van der Waals surface area contributed by atoms with E-state index in [4.69, 9.17) is 15.2 Å². The van der Waals surface area contributed by atoms with Crippen LogP contribution in [0.25, 0.3) is 11.0 Å². The van der Waals surface area contributed by atoms with Gasteiger partial charge < -0.3 is 25.5 Å². The lowest BCUT2D eigenvalue weighted by Crippen LogP contribution is -2.16. The summed E-state index contributed by atoms with van der Waals surface area (Å²) in [5, 5.41) is 3.34. The van der Waals surface area contributed by atoms with Crippen LogP contribution in [0.2, 0.25) is 0 Å². The highest BCUT2D eigenvalue weighted by molar-refractivity contribution is 5.86. The number of nitrogens with two attached hydrogens (primary N) is 1. The van der Waals surface area contributed by atoms with Gasteiger partial charge in [-0.15, -0.1) is 0 Å². The Kier molecular flexibility index (Phi) is 4.48. The van der Waals surface area contributed by atoms with Crippen molar-refractivity contribution in [2.75, 3.05) is 17.8 Å². The minimum atomic E-state index is -0.202. The molecule has 3 aromatic carbocycles. The van der Waals surface area contributed by atoms with Gasteiger partial charge in [0.05, 0.1) is 22.4 Å². The molecule has 1 aliphatic rings. The van der Waals surface area contributed by atoms with Crippen LogP contribution >= 0.6 is 0 Å². The molecule has 7 nitrogen and oxygen atoms in total. The number of fused-ring (bicyclic) bond motifs is 2. The van der Waals surface area contributed by atoms with Gasteiger partial charge in [0.15, 0.2) is 11.5 Å². The summed E-state index contributed by atoms with van der Waals surface area (Å²) in [6.07, 6.45) is 0.469. The average Bonchev–Trinajstić information content (AvgIpc) is 3.22. The van der Waals surface area contributed by atoms with E-state index in [1.807, 2.05) is 54.6 Å². The van der Waals surface area contributed by atoms with Crippen LogP contribution in [0.5, 0.6) is 11.5 Å². The predicted molar refractivity (Wildman–Crippen MR) is 116 cm³/mol. The standard InChI is InChI=1S/C23H20N4O3/c24-16-10-18-19(26-20(23(28)27-18)8-14-4-2-1-3-5-14)11-17(16)25-12-15-6-7-21-22(9-15)30-13-29-21/h1-7,9-11,25H,8,12-13,24H2,(H,27,28). The zero-order valence-electron chi connectivity index (χ0n) is 16.1. The fourth-order valence-corrected chi connectivity index (χ4v) is 3.50. The zero-order chi connectivity index (χ0) is 20.5. The third-order valence-corrected chi connectivity index (χ3v) is 5.07. The van der Waals surface area contributed by atoms with Gasteiger partial charge in [-0.1, -0.05) is 36.4 Å². The molecule has 1 aliphatic heterocycles. The highest BCUT2D eigenvalue weighted by atomic mass is 16.7. The first kappa shape index (κ1) is 18.1. The van der Waals surface area contributed by atoms with Crippen molar-refractivity contribution in [1.82, 2.24) is 9.97 Å². The van der Waals surface area contributed by atoms with Gasteiger partial charge in [0, 0.05) is 13.0 Å². The fraction of sp³-hybridized carbons (Fsp3) is 0.130. The molecule has 1 aromatic heterocycles. The van der Waals surface area contributed by atoms with Crippen molar-refractivity contribution in [2.45, 2.75) is 13.0 Å². The number of nitrogen functional groups attached to an aromatic ring is 1. The molecule has 0 saturated carbocycles. The smallest absolute Gasteiger partial charge is 0.270 e. The van der Waals surface area contributed by atoms with Crippen LogP contribution in [0.1, 0.15) is 16.8 Å². The highest BCUT2D eigenvalue weighted by Crippen LogP contribution is 2.33. The van der Waals surface area contributed by atoms with Crippen LogP contribution in [0.4, 0.5) is 11.4 Å². The van der Waals surface area contributed by atoms with Crippen molar-refractivity contribution in [1.29, 1.82) is 0 Å². The number of ether oxygens (including phenoxy) is 2. The SMILES string of the molecule is Nc1cc2[nH]c(=O)c(Cc3ccccc3)nc2cc1NCc1ccc2c(c1)OCO2. The van der Waals surface area contributed by atoms with Gasteiger partial charge in [-0.3, -0.25) is 4.79 Å². The molecule has 2 heterocycles. The number of aromatic amines is 1. The highest BCUT2D eigenvalue weighted by Gasteiger charge is 2.14. The third-order valence-electron chi connectivity index (χ3n) is 5.07. The van der Waals surface area contributed by atoms with Crippen LogP contribution in [0, 0.1) is 0 Å². The first-order chi connectivity index (χ1) is 14.7. The molecule has 0 bridgehead atoms. The normalized spacial score (nSPS) is 12.3. The average molecular weight is 400 g/mol. The van der Waals surface area contributed by atoms with Crippen molar-refractivity contribution >= 4 is 22.4 Å². The quantitative estimate of drug-likeness (QED) is 0.444. The van der Waals surface area contributed by atoms with Gasteiger partial charge in [-0.2, -0.15) is 0 Å². The molecule has 5 rings (SSSR count). The summed E-state index contributed by atoms with van der Waals surface area (Å²) in [6.45, 7) is 0.811. The van der Waals surface area contributed by atoms with Gasteiger partial charge in [0.1, 0.15) is 5.69 Å². The molecular formula is C23H20N4O3. The lowest BCUT2D eigenvalue weighted by atomic mass is 10.1. The second kappa shape index (κ2) is 7.44. The molecule has 0 radical (unpaired) electrons. The van der Waals surface area contributed by atoms with E-state index in [9.17, 15) is 4.79 Å². The van der Waals surface area contributed by atoms with Crippen LogP contribution in [-0.2, 0) is 13.0 Å². The zero-order valence-corrected chi connectivity index (χ0v) is 16.1. The Bertz CT molecular complexity index is 1290. The summed E-state index contributed by atoms with van der Waals surface area (Å²) in [7, 11) is 0. The Hall–Kier alpha value is -4.00. The van der Waals surface area contributed by atoms with Crippen LogP contribution in [0.15, 0.2) is 65.5 Å². The number of hydrogen-bond donors (Lipinski definition) is 3. The van der Waals surface area contributed by atoms with Gasteiger partial charge in [-0.05, 0) is 35.4 Å². The minimum absolute atomic E-state index is 0.202. The van der Waals surface area contributed by atoms with E-state index in [-0.39, 0.29) is 12.4 Å². The molecule has 7 heteroatoms. The maximum absolute atomic E-state index is 12.4. The number of hydrogen-bond acceptors (Lipinski definition) is 6. The van der Waals surface area contributed by atoms with E-state index in [1.165, 1.54) is 0 Å². The van der Waals surface area contributed by atoms with E-state index in [1.54, 1.807) is 6.07 Å². The van der Waals surface area contributed by atoms with Gasteiger partial charge in [0.2, 0.25) is 6.79 Å². The second-order valence-electron chi connectivity index (χ2n) is 7.17. The van der Waals surface area contributed by atoms with Crippen molar-refractivity contribution < 1.29 is 9.47 Å². The van der Waals surface area contributed by atoms with E-state index >= 15 is 0 Å². The first-order valence-corrected chi connectivity index (χ1v) is 9.64. The summed E-state index contributed by atoms with van der Waals surface area (Å²) in [6, 6.07) is 19.2. The summed E-state index contributed by atoms with van der Waals surface area (Å²) < 4.78 is 10.8. The molecule has 150 valence electrons. The summed E-state index contributed by atoms with van der Waals surface area (Å²) in [4.78, 5) is 19.9. The second-order valence-corrected chi connectivity index (χ2v) is 7.17. The van der Waals surface area contributed by atoms with Gasteiger partial charge >= 0.3 is 0 Å². The van der Waals surface area contributed by atoms with Gasteiger partial charge in [-0.25, -0.2) is 4.98 Å². The van der Waals surface area contributed by atoms with Crippen LogP contribution in [0.3, 0.4) is 0 Å². The van der Waals surface area contributed by atoms with Crippen molar-refractivity contribution in [2.24, 2.45) is 0 Å². The number of nitrogens with one attached hydrogen (secondary N) is 2. The number of rotatable bonds is 5. The minimum Gasteiger partial charge on any atom is -0.454 e. The summed E-state index contributed by atoms with van der Waals surface area (Å²) >= 11 is 0. The summed E-state index contributed by atoms with van der Waals surface area (Å²) in [5.41, 5.74) is 11.1. The lowest BCUT2D eigenvalue weighted by molar-refractivity contribution is 0.174. The molecule has 4 aromatic rings. The fourth-order valence-electron chi connectivity index (χ4n) is 3.50. The third kappa shape index (κ3) is 3.53. The largest absolute Gasteiger partial charge is 0.454 e. The van der Waals surface area contributed by atoms with Crippen molar-refractivity contribution in [3.8, 4) is 11.5 Å². The van der Waals surface area contributed by atoms with Gasteiger partial charge in [0.25, 0.3) is 5.56 Å². The molecule has 4 N–H and O–H groups in total. The van der Waals surface area contributed by atoms with Crippen LogP contribution < -0.4 is 26.1 Å². The van der Waals surface area contributed by atoms with E-state index in [0.29, 0.717) is 35.4 Å².